The van der Waals surface area contributed by atoms with Crippen LogP contribution in [0.25, 0.3) is 5.78 Å². The topological polar surface area (TPSA) is 108 Å². The summed E-state index contributed by atoms with van der Waals surface area (Å²) < 4.78 is 1.98. The summed E-state index contributed by atoms with van der Waals surface area (Å²) >= 11 is 6.10. The highest BCUT2D eigenvalue weighted by Gasteiger charge is 2.45. The van der Waals surface area contributed by atoms with Crippen molar-refractivity contribution in [2.75, 3.05) is 10.6 Å². The maximum atomic E-state index is 12.8. The van der Waals surface area contributed by atoms with Crippen molar-refractivity contribution in [1.82, 2.24) is 19.4 Å². The number of carbonyl (C=O) groups is 1. The van der Waals surface area contributed by atoms with Gasteiger partial charge < -0.3 is 10.6 Å². The molecule has 1 amide bonds. The lowest BCUT2D eigenvalue weighted by molar-refractivity contribution is -0.117. The minimum atomic E-state index is -0.204. The zero-order valence-electron chi connectivity index (χ0n) is 18.8. The third-order valence-electron chi connectivity index (χ3n) is 6.57. The zero-order valence-corrected chi connectivity index (χ0v) is 19.5. The van der Waals surface area contributed by atoms with Gasteiger partial charge >= 0.3 is 0 Å². The van der Waals surface area contributed by atoms with E-state index in [1.165, 1.54) is 18.4 Å². The van der Waals surface area contributed by atoms with E-state index in [-0.39, 0.29) is 17.7 Å². The van der Waals surface area contributed by atoms with Crippen LogP contribution in [0.2, 0.25) is 5.02 Å². The third-order valence-corrected chi connectivity index (χ3v) is 6.81. The maximum Gasteiger partial charge on any atom is 0.233 e. The van der Waals surface area contributed by atoms with Gasteiger partial charge in [-0.3, -0.25) is 9.20 Å². The highest BCUT2D eigenvalue weighted by atomic mass is 35.5. The number of halogens is 1. The van der Waals surface area contributed by atoms with Crippen LogP contribution in [0.5, 0.6) is 0 Å². The Labute approximate surface area is 207 Å². The number of anilines is 2. The van der Waals surface area contributed by atoms with E-state index in [1.54, 1.807) is 30.5 Å². The minimum absolute atomic E-state index is 0.00579. The molecule has 0 bridgehead atoms. The molecule has 0 unspecified atom stereocenters. The van der Waals surface area contributed by atoms with Crippen LogP contribution >= 0.6 is 11.6 Å². The van der Waals surface area contributed by atoms with Gasteiger partial charge in [-0.1, -0.05) is 11.6 Å². The van der Waals surface area contributed by atoms with Gasteiger partial charge in [-0.2, -0.15) is 5.26 Å². The number of nitriles is 1. The van der Waals surface area contributed by atoms with Crippen LogP contribution in [0.3, 0.4) is 0 Å². The van der Waals surface area contributed by atoms with Crippen LogP contribution in [0.15, 0.2) is 55.1 Å². The molecule has 3 heterocycles. The first-order chi connectivity index (χ1) is 17.1. The van der Waals surface area contributed by atoms with Crippen molar-refractivity contribution in [2.45, 2.75) is 37.6 Å². The quantitative estimate of drug-likeness (QED) is 0.388. The first-order valence-electron chi connectivity index (χ1n) is 11.6. The molecule has 0 saturated heterocycles. The Hall–Kier alpha value is -3.96. The number of imidazole rings is 1. The third kappa shape index (κ3) is 4.55. The molecule has 35 heavy (non-hydrogen) atoms. The Morgan fingerprint density at radius 1 is 1.20 bits per heavy atom. The predicted molar refractivity (Wildman–Crippen MR) is 132 cm³/mol. The number of nitrogens with zero attached hydrogens (tertiary/aromatic N) is 5. The number of pyridine rings is 1. The highest BCUT2D eigenvalue weighted by Crippen LogP contribution is 2.49. The average molecular weight is 484 g/mol. The van der Waals surface area contributed by atoms with Crippen molar-refractivity contribution in [2.24, 2.45) is 5.92 Å². The van der Waals surface area contributed by atoms with Crippen LogP contribution in [0, 0.1) is 17.2 Å². The van der Waals surface area contributed by atoms with Crippen molar-refractivity contribution in [3.63, 3.8) is 0 Å². The molecule has 0 spiro atoms. The summed E-state index contributed by atoms with van der Waals surface area (Å²) in [5, 5.41) is 16.2. The summed E-state index contributed by atoms with van der Waals surface area (Å²) in [6.45, 7) is 0.524. The molecule has 6 rings (SSSR count). The molecule has 2 aliphatic rings. The molecule has 0 aliphatic heterocycles. The molecule has 174 valence electrons. The molecule has 0 radical (unpaired) electrons. The Bertz CT molecular complexity index is 1490. The van der Waals surface area contributed by atoms with E-state index in [2.05, 4.69) is 37.9 Å². The zero-order chi connectivity index (χ0) is 23.9. The number of fused-ring (bicyclic) bond motifs is 1. The fourth-order valence-corrected chi connectivity index (χ4v) is 4.63. The standard InChI is InChI=1S/C26H22ClN7O/c27-18-4-3-16(10-28)21(7-18)22-9-23(22)25(35)33-24-8-19(5-6-29-24)30-12-20-14-34-13-17(15-1-2-15)11-31-26(34)32-20/h3-8,11,13-15,22-23H,1-2,9,12H2,(H2,29,30,33,35)/t22-,23+/m1/s1. The van der Waals surface area contributed by atoms with Crippen LogP contribution < -0.4 is 10.6 Å². The summed E-state index contributed by atoms with van der Waals surface area (Å²) in [6, 6.07) is 11.0. The molecular formula is C26H22ClN7O. The molecule has 2 aliphatic carbocycles. The average Bonchev–Trinajstić information content (AvgIpc) is 3.79. The number of amides is 1. The van der Waals surface area contributed by atoms with E-state index in [9.17, 15) is 10.1 Å². The van der Waals surface area contributed by atoms with Crippen molar-refractivity contribution in [3.05, 3.63) is 82.5 Å². The molecule has 2 N–H and O–H groups in total. The van der Waals surface area contributed by atoms with Gasteiger partial charge in [-0.15, -0.1) is 0 Å². The smallest absolute Gasteiger partial charge is 0.233 e. The van der Waals surface area contributed by atoms with Gasteiger partial charge in [-0.25, -0.2) is 15.0 Å². The maximum absolute atomic E-state index is 12.8. The molecule has 9 heteroatoms. The van der Waals surface area contributed by atoms with E-state index >= 15 is 0 Å². The fraction of sp³-hybridized carbons (Fsp3) is 0.269. The van der Waals surface area contributed by atoms with Gasteiger partial charge in [0.25, 0.3) is 0 Å². The molecule has 2 atom stereocenters. The molecule has 2 saturated carbocycles. The van der Waals surface area contributed by atoms with Crippen molar-refractivity contribution >= 4 is 34.8 Å². The normalized spacial score (nSPS) is 18.7. The van der Waals surface area contributed by atoms with E-state index in [0.717, 1.165) is 16.9 Å². The van der Waals surface area contributed by atoms with Crippen molar-refractivity contribution in [1.29, 1.82) is 5.26 Å². The van der Waals surface area contributed by atoms with Gasteiger partial charge in [0.1, 0.15) is 5.82 Å². The van der Waals surface area contributed by atoms with E-state index < -0.39 is 0 Å². The van der Waals surface area contributed by atoms with Crippen LogP contribution in [-0.2, 0) is 11.3 Å². The largest absolute Gasteiger partial charge is 0.379 e. The lowest BCUT2D eigenvalue weighted by Crippen LogP contribution is -2.16. The summed E-state index contributed by atoms with van der Waals surface area (Å²) in [4.78, 5) is 26.1. The van der Waals surface area contributed by atoms with Crippen LogP contribution in [-0.4, -0.2) is 25.3 Å². The number of nitrogens with one attached hydrogen (secondary N) is 2. The molecule has 4 aromatic rings. The van der Waals surface area contributed by atoms with Crippen molar-refractivity contribution < 1.29 is 4.79 Å². The summed E-state index contributed by atoms with van der Waals surface area (Å²) in [5.74, 6) is 1.49. The Kier molecular flexibility index (Phi) is 5.34. The van der Waals surface area contributed by atoms with Gasteiger partial charge in [0.2, 0.25) is 11.7 Å². The lowest BCUT2D eigenvalue weighted by Gasteiger charge is -2.08. The number of aromatic nitrogens is 4. The minimum Gasteiger partial charge on any atom is -0.379 e. The second-order valence-electron chi connectivity index (χ2n) is 9.17. The number of carbonyl (C=O) groups excluding carboxylic acids is 1. The monoisotopic (exact) mass is 483 g/mol. The fourth-order valence-electron chi connectivity index (χ4n) is 4.45. The molecule has 2 fully saturated rings. The Morgan fingerprint density at radius 2 is 2.09 bits per heavy atom. The van der Waals surface area contributed by atoms with Gasteiger partial charge in [-0.05, 0) is 66.5 Å². The van der Waals surface area contributed by atoms with Crippen LogP contribution in [0.4, 0.5) is 11.5 Å². The van der Waals surface area contributed by atoms with Gasteiger partial charge in [0.05, 0.1) is 23.9 Å². The van der Waals surface area contributed by atoms with Gasteiger partial charge in [0.15, 0.2) is 0 Å². The second kappa shape index (κ2) is 8.67. The van der Waals surface area contributed by atoms with Crippen molar-refractivity contribution in [3.8, 4) is 6.07 Å². The molecule has 3 aromatic heterocycles. The van der Waals surface area contributed by atoms with E-state index in [4.69, 9.17) is 11.6 Å². The number of hydrogen-bond donors (Lipinski definition) is 2. The summed E-state index contributed by atoms with van der Waals surface area (Å²) in [5.41, 5.74) is 4.36. The number of rotatable bonds is 7. The molecule has 8 nitrogen and oxygen atoms in total. The predicted octanol–water partition coefficient (Wildman–Crippen LogP) is 4.88. The van der Waals surface area contributed by atoms with Crippen LogP contribution in [0.1, 0.15) is 53.5 Å². The summed E-state index contributed by atoms with van der Waals surface area (Å²) in [6.07, 6.45) is 10.8. The van der Waals surface area contributed by atoms with E-state index in [0.29, 0.717) is 41.1 Å². The number of benzene rings is 1. The van der Waals surface area contributed by atoms with Gasteiger partial charge in [0, 0.05) is 47.5 Å². The first kappa shape index (κ1) is 21.6. The second-order valence-corrected chi connectivity index (χ2v) is 9.60. The number of hydrogen-bond acceptors (Lipinski definition) is 6. The van der Waals surface area contributed by atoms with E-state index in [1.807, 2.05) is 22.9 Å². The molecule has 1 aromatic carbocycles. The molecular weight excluding hydrogens is 462 g/mol. The first-order valence-corrected chi connectivity index (χ1v) is 12.0. The highest BCUT2D eigenvalue weighted by molar-refractivity contribution is 6.30. The SMILES string of the molecule is N#Cc1ccc(Cl)cc1[C@H]1C[C@@H]1C(=O)Nc1cc(NCc2cn3cc(C4CC4)cnc3n2)ccn1. The Balaban J connectivity index is 1.09. The lowest BCUT2D eigenvalue weighted by atomic mass is 10.0. The summed E-state index contributed by atoms with van der Waals surface area (Å²) in [7, 11) is 0. The Morgan fingerprint density at radius 3 is 2.91 bits per heavy atom.